The number of benzene rings is 2. The third-order valence-electron chi connectivity index (χ3n) is 4.03. The fraction of sp³-hybridized carbons (Fsp3) is 0.167. The SMILES string of the molecule is CCc1ccc2[nH]c3nc(N=NCc4ccc(O)cc4)nnc3c2c1. The maximum atomic E-state index is 9.27. The third kappa shape index (κ3) is 3.03. The molecule has 124 valence electrons. The summed E-state index contributed by atoms with van der Waals surface area (Å²) >= 11 is 0. The van der Waals surface area contributed by atoms with Crippen molar-refractivity contribution < 1.29 is 5.11 Å². The molecule has 0 saturated carbocycles. The van der Waals surface area contributed by atoms with Crippen molar-refractivity contribution in [3.8, 4) is 5.75 Å². The topological polar surface area (TPSA) is 99.4 Å². The van der Waals surface area contributed by atoms with Gasteiger partial charge in [0.1, 0.15) is 11.3 Å². The van der Waals surface area contributed by atoms with E-state index in [1.807, 2.05) is 6.07 Å². The molecule has 0 fully saturated rings. The molecule has 4 aromatic rings. The van der Waals surface area contributed by atoms with Crippen LogP contribution in [-0.2, 0) is 13.0 Å². The smallest absolute Gasteiger partial charge is 0.289 e. The van der Waals surface area contributed by atoms with E-state index in [-0.39, 0.29) is 11.7 Å². The minimum absolute atomic E-state index is 0.216. The molecule has 0 saturated heterocycles. The first-order chi connectivity index (χ1) is 12.2. The minimum atomic E-state index is 0.216. The van der Waals surface area contributed by atoms with Crippen LogP contribution in [0.3, 0.4) is 0 Å². The van der Waals surface area contributed by atoms with Gasteiger partial charge >= 0.3 is 0 Å². The Morgan fingerprint density at radius 3 is 2.64 bits per heavy atom. The normalized spacial score (nSPS) is 11.7. The van der Waals surface area contributed by atoms with Gasteiger partial charge in [0.05, 0.1) is 6.54 Å². The van der Waals surface area contributed by atoms with Gasteiger partial charge < -0.3 is 10.1 Å². The maximum absolute atomic E-state index is 9.27. The molecule has 25 heavy (non-hydrogen) atoms. The predicted octanol–water partition coefficient (Wildman–Crippen LogP) is 4.06. The van der Waals surface area contributed by atoms with Gasteiger partial charge in [0.15, 0.2) is 5.65 Å². The molecule has 7 nitrogen and oxygen atoms in total. The van der Waals surface area contributed by atoms with Crippen molar-refractivity contribution in [2.24, 2.45) is 10.2 Å². The molecule has 0 aliphatic carbocycles. The number of nitrogens with one attached hydrogen (secondary N) is 1. The fourth-order valence-electron chi connectivity index (χ4n) is 2.65. The van der Waals surface area contributed by atoms with Crippen LogP contribution in [0, 0.1) is 0 Å². The van der Waals surface area contributed by atoms with Crippen molar-refractivity contribution in [3.05, 3.63) is 53.6 Å². The zero-order chi connectivity index (χ0) is 17.2. The fourth-order valence-corrected chi connectivity index (χ4v) is 2.65. The standard InChI is InChI=1S/C18H16N6O/c1-2-11-5-8-15-14(9-11)16-17(20-15)21-18(24-22-16)23-19-10-12-3-6-13(25)7-4-12/h3-9,25H,2,10H2,1H3,(H,20,21,24). The molecule has 0 unspecified atom stereocenters. The molecular weight excluding hydrogens is 316 g/mol. The van der Waals surface area contributed by atoms with E-state index in [9.17, 15) is 5.11 Å². The number of hydrogen-bond donors (Lipinski definition) is 2. The summed E-state index contributed by atoms with van der Waals surface area (Å²) in [7, 11) is 0. The number of H-pyrrole nitrogens is 1. The number of aromatic amines is 1. The van der Waals surface area contributed by atoms with Gasteiger partial charge in [-0.25, -0.2) is 0 Å². The average molecular weight is 332 g/mol. The Morgan fingerprint density at radius 2 is 1.84 bits per heavy atom. The Bertz CT molecular complexity index is 1070. The van der Waals surface area contributed by atoms with Gasteiger partial charge in [-0.1, -0.05) is 25.1 Å². The number of aryl methyl sites for hydroxylation is 1. The number of azo groups is 1. The quantitative estimate of drug-likeness (QED) is 0.550. The van der Waals surface area contributed by atoms with Gasteiger partial charge in [-0.15, -0.1) is 15.3 Å². The molecule has 2 aromatic heterocycles. The van der Waals surface area contributed by atoms with Gasteiger partial charge in [-0.2, -0.15) is 10.1 Å². The predicted molar refractivity (Wildman–Crippen MR) is 94.9 cm³/mol. The molecule has 4 rings (SSSR count). The molecule has 0 aliphatic heterocycles. The Balaban J connectivity index is 1.61. The van der Waals surface area contributed by atoms with Crippen LogP contribution in [0.15, 0.2) is 52.7 Å². The molecule has 2 heterocycles. The number of aromatic hydroxyl groups is 1. The average Bonchev–Trinajstić information content (AvgIpc) is 3.00. The van der Waals surface area contributed by atoms with E-state index in [1.165, 1.54) is 5.56 Å². The number of aromatic nitrogens is 4. The summed E-state index contributed by atoms with van der Waals surface area (Å²) in [5, 5.41) is 26.7. The van der Waals surface area contributed by atoms with Crippen molar-refractivity contribution >= 4 is 28.0 Å². The van der Waals surface area contributed by atoms with E-state index < -0.39 is 0 Å². The van der Waals surface area contributed by atoms with E-state index >= 15 is 0 Å². The van der Waals surface area contributed by atoms with Gasteiger partial charge in [0.2, 0.25) is 0 Å². The molecule has 2 N–H and O–H groups in total. The Hall–Kier alpha value is -3.35. The highest BCUT2D eigenvalue weighted by atomic mass is 16.3. The van der Waals surface area contributed by atoms with Gasteiger partial charge in [-0.3, -0.25) is 0 Å². The molecule has 0 aliphatic rings. The van der Waals surface area contributed by atoms with Crippen molar-refractivity contribution in [1.82, 2.24) is 20.2 Å². The lowest BCUT2D eigenvalue weighted by Crippen LogP contribution is -1.87. The monoisotopic (exact) mass is 332 g/mol. The highest BCUT2D eigenvalue weighted by Crippen LogP contribution is 2.24. The van der Waals surface area contributed by atoms with Crippen LogP contribution in [-0.4, -0.2) is 25.3 Å². The van der Waals surface area contributed by atoms with Crippen molar-refractivity contribution in [3.63, 3.8) is 0 Å². The third-order valence-corrected chi connectivity index (χ3v) is 4.03. The Morgan fingerprint density at radius 1 is 1.04 bits per heavy atom. The van der Waals surface area contributed by atoms with E-state index in [0.717, 1.165) is 28.4 Å². The summed E-state index contributed by atoms with van der Waals surface area (Å²) in [6.07, 6.45) is 0.965. The van der Waals surface area contributed by atoms with Crippen molar-refractivity contribution in [2.75, 3.05) is 0 Å². The van der Waals surface area contributed by atoms with Crippen LogP contribution in [0.4, 0.5) is 5.95 Å². The van der Waals surface area contributed by atoms with Gasteiger partial charge in [0, 0.05) is 10.9 Å². The van der Waals surface area contributed by atoms with Crippen molar-refractivity contribution in [1.29, 1.82) is 0 Å². The lowest BCUT2D eigenvalue weighted by molar-refractivity contribution is 0.475. The first kappa shape index (κ1) is 15.2. The molecule has 7 heteroatoms. The number of rotatable bonds is 4. The molecular formula is C18H16N6O. The second-order valence-corrected chi connectivity index (χ2v) is 5.73. The second-order valence-electron chi connectivity index (χ2n) is 5.73. The number of nitrogens with zero attached hydrogens (tertiary/aromatic N) is 5. The highest BCUT2D eigenvalue weighted by Gasteiger charge is 2.09. The summed E-state index contributed by atoms with van der Waals surface area (Å²) in [5.41, 5.74) is 4.55. The molecule has 0 spiro atoms. The number of phenols is 1. The maximum Gasteiger partial charge on any atom is 0.289 e. The van der Waals surface area contributed by atoms with Crippen LogP contribution >= 0.6 is 0 Å². The van der Waals surface area contributed by atoms with E-state index in [1.54, 1.807) is 24.3 Å². The number of phenolic OH excluding ortho intramolecular Hbond substituents is 1. The summed E-state index contributed by atoms with van der Waals surface area (Å²) in [6, 6.07) is 13.0. The van der Waals surface area contributed by atoms with Gasteiger partial charge in [-0.05, 0) is 41.8 Å². The lowest BCUT2D eigenvalue weighted by atomic mass is 10.1. The van der Waals surface area contributed by atoms with Crippen molar-refractivity contribution in [2.45, 2.75) is 19.9 Å². The first-order valence-electron chi connectivity index (χ1n) is 8.03. The van der Waals surface area contributed by atoms with E-state index in [0.29, 0.717) is 12.2 Å². The first-order valence-corrected chi connectivity index (χ1v) is 8.03. The Kier molecular flexibility index (Phi) is 3.81. The zero-order valence-corrected chi connectivity index (χ0v) is 13.6. The largest absolute Gasteiger partial charge is 0.508 e. The number of hydrogen-bond acceptors (Lipinski definition) is 6. The molecule has 0 amide bonds. The van der Waals surface area contributed by atoms with Gasteiger partial charge in [0.25, 0.3) is 5.95 Å². The minimum Gasteiger partial charge on any atom is -0.508 e. The summed E-state index contributed by atoms with van der Waals surface area (Å²) < 4.78 is 0. The summed E-state index contributed by atoms with van der Waals surface area (Å²) in [4.78, 5) is 7.62. The van der Waals surface area contributed by atoms with Crippen LogP contribution in [0.25, 0.3) is 22.1 Å². The zero-order valence-electron chi connectivity index (χ0n) is 13.6. The second kappa shape index (κ2) is 6.27. The molecule has 0 atom stereocenters. The summed E-state index contributed by atoms with van der Waals surface area (Å²) in [5.74, 6) is 0.442. The molecule has 0 bridgehead atoms. The van der Waals surface area contributed by atoms with Crippen LogP contribution in [0.2, 0.25) is 0 Å². The molecule has 2 aromatic carbocycles. The number of fused-ring (bicyclic) bond motifs is 3. The van der Waals surface area contributed by atoms with Crippen LogP contribution in [0.1, 0.15) is 18.1 Å². The Labute approximate surface area is 143 Å². The van der Waals surface area contributed by atoms with Crippen LogP contribution < -0.4 is 0 Å². The highest BCUT2D eigenvalue weighted by molar-refractivity contribution is 6.03. The van der Waals surface area contributed by atoms with Crippen LogP contribution in [0.5, 0.6) is 5.75 Å². The summed E-state index contributed by atoms with van der Waals surface area (Å²) in [6.45, 7) is 2.50. The van der Waals surface area contributed by atoms with E-state index in [4.69, 9.17) is 0 Å². The van der Waals surface area contributed by atoms with E-state index in [2.05, 4.69) is 49.5 Å². The lowest BCUT2D eigenvalue weighted by Gasteiger charge is -1.96. The molecule has 0 radical (unpaired) electrons.